The van der Waals surface area contributed by atoms with Gasteiger partial charge in [-0.05, 0) is 30.0 Å². The molecule has 2 aromatic rings. The number of benzene rings is 1. The fourth-order valence-corrected chi connectivity index (χ4v) is 2.24. The number of anilines is 1. The Bertz CT molecular complexity index is 658. The maximum atomic E-state index is 12.1. The number of nitrogens with zero attached hydrogens (tertiary/aromatic N) is 1. The molecule has 0 aliphatic heterocycles. The summed E-state index contributed by atoms with van der Waals surface area (Å²) in [5.74, 6) is 0.811. The molecule has 0 spiro atoms. The number of carbonyl (C=O) groups excluding carboxylic acids is 1. The number of aliphatic hydroxyl groups excluding tert-OH is 1. The summed E-state index contributed by atoms with van der Waals surface area (Å²) in [4.78, 5) is 16.0. The molecule has 23 heavy (non-hydrogen) atoms. The van der Waals surface area contributed by atoms with Crippen molar-refractivity contribution < 1.29 is 14.6 Å². The van der Waals surface area contributed by atoms with E-state index in [2.05, 4.69) is 24.1 Å². The molecule has 0 bridgehead atoms. The van der Waals surface area contributed by atoms with Crippen LogP contribution in [0.4, 0.5) is 5.69 Å². The summed E-state index contributed by atoms with van der Waals surface area (Å²) in [5, 5.41) is 12.0. The third-order valence-corrected chi connectivity index (χ3v) is 3.78. The van der Waals surface area contributed by atoms with Crippen LogP contribution in [0.2, 0.25) is 0 Å². The zero-order chi connectivity index (χ0) is 16.7. The molecule has 5 heteroatoms. The Kier molecular flexibility index (Phi) is 6.11. The maximum Gasteiger partial charge on any atom is 0.262 e. The van der Waals surface area contributed by atoms with Crippen LogP contribution in [-0.2, 0) is 11.4 Å². The molecule has 0 aliphatic rings. The van der Waals surface area contributed by atoms with Crippen molar-refractivity contribution >= 4 is 11.6 Å². The number of ether oxygens (including phenoxy) is 1. The van der Waals surface area contributed by atoms with Crippen molar-refractivity contribution in [3.63, 3.8) is 0 Å². The lowest BCUT2D eigenvalue weighted by molar-refractivity contribution is -0.118. The Hall–Kier alpha value is -2.40. The van der Waals surface area contributed by atoms with Gasteiger partial charge in [-0.2, -0.15) is 0 Å². The van der Waals surface area contributed by atoms with Crippen LogP contribution in [0.3, 0.4) is 0 Å². The zero-order valence-corrected chi connectivity index (χ0v) is 13.5. The quantitative estimate of drug-likeness (QED) is 0.824. The lowest BCUT2D eigenvalue weighted by atomic mass is 9.98. The van der Waals surface area contributed by atoms with Crippen LogP contribution in [0, 0.1) is 0 Å². The van der Waals surface area contributed by atoms with E-state index in [1.54, 1.807) is 12.3 Å². The molecule has 1 aromatic carbocycles. The first-order valence-electron chi connectivity index (χ1n) is 7.71. The molecule has 1 aromatic heterocycles. The maximum absolute atomic E-state index is 12.1. The van der Waals surface area contributed by atoms with Crippen molar-refractivity contribution in [1.29, 1.82) is 0 Å². The van der Waals surface area contributed by atoms with Crippen LogP contribution in [0.25, 0.3) is 0 Å². The standard InChI is InChI=1S/C18H22N2O3/c1-3-13(2)15-6-4-5-7-17(15)23-12-18(22)20-16-10-19-9-8-14(16)11-21/h4-10,13,21H,3,11-12H2,1-2H3,(H,20,22). The van der Waals surface area contributed by atoms with Crippen molar-refractivity contribution in [1.82, 2.24) is 4.98 Å². The average molecular weight is 314 g/mol. The van der Waals surface area contributed by atoms with E-state index in [1.807, 2.05) is 24.3 Å². The molecular formula is C18H22N2O3. The highest BCUT2D eigenvalue weighted by molar-refractivity contribution is 5.92. The predicted octanol–water partition coefficient (Wildman–Crippen LogP) is 3.10. The number of pyridine rings is 1. The van der Waals surface area contributed by atoms with Crippen LogP contribution < -0.4 is 10.1 Å². The third-order valence-electron chi connectivity index (χ3n) is 3.78. The molecule has 1 heterocycles. The first-order valence-corrected chi connectivity index (χ1v) is 7.71. The van der Waals surface area contributed by atoms with Gasteiger partial charge < -0.3 is 15.2 Å². The Labute approximate surface area is 136 Å². The SMILES string of the molecule is CCC(C)c1ccccc1OCC(=O)Nc1cnccc1CO. The number of amides is 1. The molecule has 1 atom stereocenters. The van der Waals surface area contributed by atoms with Crippen LogP contribution >= 0.6 is 0 Å². The number of rotatable bonds is 7. The smallest absolute Gasteiger partial charge is 0.262 e. The number of nitrogens with one attached hydrogen (secondary N) is 1. The lowest BCUT2D eigenvalue weighted by Crippen LogP contribution is -2.21. The molecular weight excluding hydrogens is 292 g/mol. The monoisotopic (exact) mass is 314 g/mol. The summed E-state index contributed by atoms with van der Waals surface area (Å²) in [6.07, 6.45) is 4.08. The summed E-state index contributed by atoms with van der Waals surface area (Å²) in [6, 6.07) is 9.42. The topological polar surface area (TPSA) is 71.5 Å². The predicted molar refractivity (Wildman–Crippen MR) is 89.4 cm³/mol. The van der Waals surface area contributed by atoms with Crippen molar-refractivity contribution in [2.45, 2.75) is 32.8 Å². The summed E-state index contributed by atoms with van der Waals surface area (Å²) in [6.45, 7) is 4.00. The Morgan fingerprint density at radius 1 is 1.35 bits per heavy atom. The highest BCUT2D eigenvalue weighted by Gasteiger charge is 2.12. The van der Waals surface area contributed by atoms with Gasteiger partial charge in [-0.15, -0.1) is 0 Å². The number of aromatic nitrogens is 1. The van der Waals surface area contributed by atoms with Crippen molar-refractivity contribution in [3.05, 3.63) is 53.9 Å². The van der Waals surface area contributed by atoms with Gasteiger partial charge in [0.25, 0.3) is 5.91 Å². The molecule has 2 N–H and O–H groups in total. The number of hydrogen-bond acceptors (Lipinski definition) is 4. The fourth-order valence-electron chi connectivity index (χ4n) is 2.24. The molecule has 1 unspecified atom stereocenters. The van der Waals surface area contributed by atoms with Crippen molar-refractivity contribution in [3.8, 4) is 5.75 Å². The second-order valence-electron chi connectivity index (χ2n) is 5.37. The molecule has 0 fully saturated rings. The van der Waals surface area contributed by atoms with Gasteiger partial charge in [-0.25, -0.2) is 0 Å². The molecule has 0 radical (unpaired) electrons. The van der Waals surface area contributed by atoms with Gasteiger partial charge in [-0.3, -0.25) is 9.78 Å². The Morgan fingerprint density at radius 3 is 2.87 bits per heavy atom. The van der Waals surface area contributed by atoms with Gasteiger partial charge in [0.1, 0.15) is 5.75 Å². The molecule has 1 amide bonds. The minimum absolute atomic E-state index is 0.0901. The minimum atomic E-state index is -0.286. The fraction of sp³-hybridized carbons (Fsp3) is 0.333. The van der Waals surface area contributed by atoms with E-state index in [0.717, 1.165) is 17.7 Å². The molecule has 2 rings (SSSR count). The second-order valence-corrected chi connectivity index (χ2v) is 5.37. The van der Waals surface area contributed by atoms with Gasteiger partial charge in [-0.1, -0.05) is 32.0 Å². The van der Waals surface area contributed by atoms with Crippen molar-refractivity contribution in [2.75, 3.05) is 11.9 Å². The van der Waals surface area contributed by atoms with Gasteiger partial charge in [0.15, 0.2) is 6.61 Å². The highest BCUT2D eigenvalue weighted by atomic mass is 16.5. The molecule has 0 saturated carbocycles. The van der Waals surface area contributed by atoms with E-state index in [1.165, 1.54) is 6.20 Å². The number of carbonyl (C=O) groups is 1. The third kappa shape index (κ3) is 4.53. The van der Waals surface area contributed by atoms with Gasteiger partial charge >= 0.3 is 0 Å². The van der Waals surface area contributed by atoms with Gasteiger partial charge in [0.2, 0.25) is 0 Å². The summed E-state index contributed by atoms with van der Waals surface area (Å²) >= 11 is 0. The minimum Gasteiger partial charge on any atom is -0.483 e. The van der Waals surface area contributed by atoms with Crippen LogP contribution in [-0.4, -0.2) is 22.6 Å². The Balaban J connectivity index is 2.00. The molecule has 0 saturated heterocycles. The van der Waals surface area contributed by atoms with Crippen LogP contribution in [0.15, 0.2) is 42.7 Å². The number of aliphatic hydroxyl groups is 1. The number of hydrogen-bond donors (Lipinski definition) is 2. The van der Waals surface area contributed by atoms with E-state index >= 15 is 0 Å². The van der Waals surface area contributed by atoms with Gasteiger partial charge in [0.05, 0.1) is 18.5 Å². The normalized spacial score (nSPS) is 11.8. The van der Waals surface area contributed by atoms with E-state index in [4.69, 9.17) is 4.74 Å². The van der Waals surface area contributed by atoms with Crippen LogP contribution in [0.5, 0.6) is 5.75 Å². The van der Waals surface area contributed by atoms with E-state index in [9.17, 15) is 9.90 Å². The molecule has 122 valence electrons. The second kappa shape index (κ2) is 8.29. The van der Waals surface area contributed by atoms with E-state index in [0.29, 0.717) is 17.2 Å². The first kappa shape index (κ1) is 17.0. The summed E-state index contributed by atoms with van der Waals surface area (Å²) in [7, 11) is 0. The number of para-hydroxylation sites is 1. The first-order chi connectivity index (χ1) is 11.2. The Morgan fingerprint density at radius 2 is 2.13 bits per heavy atom. The summed E-state index contributed by atoms with van der Waals surface area (Å²) < 4.78 is 5.67. The lowest BCUT2D eigenvalue weighted by Gasteiger charge is -2.15. The van der Waals surface area contributed by atoms with E-state index in [-0.39, 0.29) is 19.1 Å². The summed E-state index contributed by atoms with van der Waals surface area (Å²) in [5.41, 5.74) is 2.22. The largest absolute Gasteiger partial charge is 0.483 e. The zero-order valence-electron chi connectivity index (χ0n) is 13.5. The average Bonchev–Trinajstić information content (AvgIpc) is 2.60. The molecule has 0 aliphatic carbocycles. The van der Waals surface area contributed by atoms with Crippen LogP contribution in [0.1, 0.15) is 37.3 Å². The van der Waals surface area contributed by atoms with E-state index < -0.39 is 0 Å². The highest BCUT2D eigenvalue weighted by Crippen LogP contribution is 2.28. The van der Waals surface area contributed by atoms with Crippen molar-refractivity contribution in [2.24, 2.45) is 0 Å². The molecule has 5 nitrogen and oxygen atoms in total. The van der Waals surface area contributed by atoms with Gasteiger partial charge in [0, 0.05) is 11.8 Å².